The molecule has 0 atom stereocenters. The van der Waals surface area contributed by atoms with Crippen LogP contribution in [0.5, 0.6) is 0 Å². The fourth-order valence-corrected chi connectivity index (χ4v) is 1.75. The third kappa shape index (κ3) is 3.76. The van der Waals surface area contributed by atoms with E-state index >= 15 is 0 Å². The topological polar surface area (TPSA) is 81.1 Å². The first kappa shape index (κ1) is 14.9. The molecule has 21 heavy (non-hydrogen) atoms. The molecule has 0 bridgehead atoms. The van der Waals surface area contributed by atoms with Crippen molar-refractivity contribution in [2.75, 3.05) is 31.4 Å². The maximum atomic E-state index is 13.2. The summed E-state index contributed by atoms with van der Waals surface area (Å²) < 4.78 is 19.8. The van der Waals surface area contributed by atoms with Gasteiger partial charge in [0.25, 0.3) is 5.91 Å². The van der Waals surface area contributed by atoms with Gasteiger partial charge in [-0.1, -0.05) is 0 Å². The molecule has 2 aromatic rings. The summed E-state index contributed by atoms with van der Waals surface area (Å²) in [6.07, 6.45) is 4.23. The van der Waals surface area contributed by atoms with Gasteiger partial charge in [0.05, 0.1) is 36.8 Å². The number of nitrogens with one attached hydrogen (secondary N) is 2. The molecule has 0 spiro atoms. The van der Waals surface area contributed by atoms with Crippen molar-refractivity contribution in [2.24, 2.45) is 0 Å². The number of carbonyl (C=O) groups excluding carboxylic acids is 1. The summed E-state index contributed by atoms with van der Waals surface area (Å²) in [7, 11) is 3.21. The van der Waals surface area contributed by atoms with Crippen molar-refractivity contribution in [2.45, 2.75) is 6.54 Å². The molecular weight excluding hydrogens is 277 g/mol. The van der Waals surface area contributed by atoms with Gasteiger partial charge >= 0.3 is 0 Å². The van der Waals surface area contributed by atoms with Crippen LogP contribution >= 0.6 is 0 Å². The van der Waals surface area contributed by atoms with Crippen molar-refractivity contribution in [3.05, 3.63) is 36.0 Å². The van der Waals surface area contributed by atoms with Gasteiger partial charge in [-0.25, -0.2) is 9.37 Å². The monoisotopic (exact) mass is 293 g/mol. The molecule has 2 aromatic heterocycles. The quantitative estimate of drug-likeness (QED) is 0.840. The first-order valence-electron chi connectivity index (χ1n) is 6.30. The largest absolute Gasteiger partial charge is 0.383 e. The highest BCUT2D eigenvalue weighted by Gasteiger charge is 2.14. The molecule has 0 unspecified atom stereocenters. The maximum absolute atomic E-state index is 13.2. The molecule has 0 radical (unpaired) electrons. The smallest absolute Gasteiger partial charge is 0.259 e. The number of methoxy groups -OCH3 is 1. The number of aromatic nitrogens is 3. The second-order valence-electron chi connectivity index (χ2n) is 4.24. The molecule has 2 rings (SSSR count). The molecule has 112 valence electrons. The second-order valence-corrected chi connectivity index (χ2v) is 4.24. The lowest BCUT2D eigenvalue weighted by Crippen LogP contribution is -2.15. The number of amides is 1. The molecule has 0 aliphatic rings. The van der Waals surface area contributed by atoms with Gasteiger partial charge in [-0.15, -0.1) is 0 Å². The summed E-state index contributed by atoms with van der Waals surface area (Å²) in [5.74, 6) is -0.728. The van der Waals surface area contributed by atoms with E-state index in [-0.39, 0.29) is 5.56 Å². The number of ether oxygens (including phenoxy) is 1. The zero-order chi connectivity index (χ0) is 15.2. The first-order chi connectivity index (χ1) is 10.1. The van der Waals surface area contributed by atoms with Gasteiger partial charge < -0.3 is 15.4 Å². The summed E-state index contributed by atoms with van der Waals surface area (Å²) in [5.41, 5.74) is 0.643. The van der Waals surface area contributed by atoms with E-state index in [2.05, 4.69) is 20.7 Å². The molecule has 2 heterocycles. The predicted octanol–water partition coefficient (Wildman–Crippen LogP) is 1.36. The van der Waals surface area contributed by atoms with Gasteiger partial charge in [0.15, 0.2) is 0 Å². The summed E-state index contributed by atoms with van der Waals surface area (Å²) in [6, 6.07) is 1.13. The summed E-state index contributed by atoms with van der Waals surface area (Å²) in [6.45, 7) is 1.10. The van der Waals surface area contributed by atoms with Gasteiger partial charge in [0, 0.05) is 20.4 Å². The first-order valence-corrected chi connectivity index (χ1v) is 6.30. The lowest BCUT2D eigenvalue weighted by molar-refractivity contribution is 0.102. The highest BCUT2D eigenvalue weighted by molar-refractivity contribution is 6.07. The molecule has 2 N–H and O–H groups in total. The molecule has 0 aromatic carbocycles. The summed E-state index contributed by atoms with van der Waals surface area (Å²) >= 11 is 0. The van der Waals surface area contributed by atoms with Gasteiger partial charge in [0.1, 0.15) is 11.6 Å². The lowest BCUT2D eigenvalue weighted by atomic mass is 10.2. The Bertz CT molecular complexity index is 629. The number of hydrogen-bond donors (Lipinski definition) is 2. The zero-order valence-electron chi connectivity index (χ0n) is 11.8. The SMILES string of the molecule is CNc1ncc(F)cc1C(=O)Nc1cnn(CCOC)c1. The number of rotatable bonds is 6. The molecule has 8 heteroatoms. The Morgan fingerprint density at radius 1 is 1.48 bits per heavy atom. The van der Waals surface area contributed by atoms with Crippen molar-refractivity contribution in [3.8, 4) is 0 Å². The maximum Gasteiger partial charge on any atom is 0.259 e. The Labute approximate surface area is 121 Å². The number of carbonyl (C=O) groups is 1. The summed E-state index contributed by atoms with van der Waals surface area (Å²) in [4.78, 5) is 16.0. The fraction of sp³-hybridized carbons (Fsp3) is 0.308. The third-order valence-corrected chi connectivity index (χ3v) is 2.75. The molecule has 0 saturated heterocycles. The Morgan fingerprint density at radius 2 is 2.29 bits per heavy atom. The van der Waals surface area contributed by atoms with Crippen LogP contribution in [-0.4, -0.2) is 41.4 Å². The number of hydrogen-bond acceptors (Lipinski definition) is 5. The van der Waals surface area contributed by atoms with Crippen molar-refractivity contribution in [1.29, 1.82) is 0 Å². The Kier molecular flexibility index (Phi) is 4.83. The van der Waals surface area contributed by atoms with Crippen molar-refractivity contribution >= 4 is 17.4 Å². The molecule has 0 aliphatic carbocycles. The van der Waals surface area contributed by atoms with Crippen LogP contribution in [0.3, 0.4) is 0 Å². The minimum absolute atomic E-state index is 0.127. The van der Waals surface area contributed by atoms with Crippen LogP contribution in [0, 0.1) is 5.82 Å². The van der Waals surface area contributed by atoms with Crippen molar-refractivity contribution in [3.63, 3.8) is 0 Å². The number of pyridine rings is 1. The van der Waals surface area contributed by atoms with Crippen LogP contribution in [0.2, 0.25) is 0 Å². The van der Waals surface area contributed by atoms with E-state index in [9.17, 15) is 9.18 Å². The molecule has 0 saturated carbocycles. The Balaban J connectivity index is 2.10. The van der Waals surface area contributed by atoms with Crippen LogP contribution in [0.15, 0.2) is 24.7 Å². The van der Waals surface area contributed by atoms with E-state index < -0.39 is 11.7 Å². The van der Waals surface area contributed by atoms with E-state index in [1.807, 2.05) is 0 Å². The van der Waals surface area contributed by atoms with Gasteiger partial charge in [-0.2, -0.15) is 5.10 Å². The van der Waals surface area contributed by atoms with Gasteiger partial charge in [0.2, 0.25) is 0 Å². The van der Waals surface area contributed by atoms with E-state index in [0.29, 0.717) is 24.7 Å². The highest BCUT2D eigenvalue weighted by atomic mass is 19.1. The number of halogens is 1. The average Bonchev–Trinajstić information content (AvgIpc) is 2.92. The Hall–Kier alpha value is -2.48. The van der Waals surface area contributed by atoms with Crippen LogP contribution in [-0.2, 0) is 11.3 Å². The minimum atomic E-state index is -0.574. The molecule has 0 fully saturated rings. The van der Waals surface area contributed by atoms with Crippen LogP contribution in [0.4, 0.5) is 15.9 Å². The normalized spacial score (nSPS) is 10.4. The Morgan fingerprint density at radius 3 is 3.00 bits per heavy atom. The van der Waals surface area contributed by atoms with E-state index in [1.165, 1.54) is 6.20 Å². The van der Waals surface area contributed by atoms with E-state index in [4.69, 9.17) is 4.74 Å². The average molecular weight is 293 g/mol. The molecule has 1 amide bonds. The van der Waals surface area contributed by atoms with Crippen LogP contribution < -0.4 is 10.6 Å². The minimum Gasteiger partial charge on any atom is -0.383 e. The fourth-order valence-electron chi connectivity index (χ4n) is 1.75. The number of nitrogens with zero attached hydrogens (tertiary/aromatic N) is 3. The van der Waals surface area contributed by atoms with Crippen LogP contribution in [0.25, 0.3) is 0 Å². The van der Waals surface area contributed by atoms with E-state index in [1.54, 1.807) is 25.0 Å². The van der Waals surface area contributed by atoms with E-state index in [0.717, 1.165) is 12.3 Å². The number of anilines is 2. The van der Waals surface area contributed by atoms with Crippen molar-refractivity contribution in [1.82, 2.24) is 14.8 Å². The van der Waals surface area contributed by atoms with Crippen LogP contribution in [0.1, 0.15) is 10.4 Å². The lowest BCUT2D eigenvalue weighted by Gasteiger charge is -2.07. The van der Waals surface area contributed by atoms with Gasteiger partial charge in [-0.3, -0.25) is 9.48 Å². The second kappa shape index (κ2) is 6.80. The van der Waals surface area contributed by atoms with Crippen molar-refractivity contribution < 1.29 is 13.9 Å². The predicted molar refractivity (Wildman–Crippen MR) is 75.8 cm³/mol. The third-order valence-electron chi connectivity index (χ3n) is 2.75. The molecule has 0 aliphatic heterocycles. The summed E-state index contributed by atoms with van der Waals surface area (Å²) in [5, 5.41) is 9.47. The standard InChI is InChI=1S/C13H16FN5O2/c1-15-12-11(5-9(14)6-16-12)13(20)18-10-7-17-19(8-10)3-4-21-2/h5-8H,3-4H2,1-2H3,(H,15,16)(H,18,20). The molecular formula is C13H16FN5O2. The molecule has 7 nitrogen and oxygen atoms in total. The zero-order valence-corrected chi connectivity index (χ0v) is 11.8. The highest BCUT2D eigenvalue weighted by Crippen LogP contribution is 2.15. The van der Waals surface area contributed by atoms with Gasteiger partial charge in [-0.05, 0) is 6.07 Å².